The molecule has 0 radical (unpaired) electrons. The molecule has 1 aromatic rings. The number of likely N-dealkylation sites (tertiary alicyclic amines) is 1. The minimum atomic E-state index is -0.292. The predicted molar refractivity (Wildman–Crippen MR) is 74.7 cm³/mol. The Morgan fingerprint density at radius 1 is 1.53 bits per heavy atom. The van der Waals surface area contributed by atoms with Crippen LogP contribution >= 0.6 is 0 Å². The Hall–Kier alpha value is -1.13. The van der Waals surface area contributed by atoms with Gasteiger partial charge in [0.2, 0.25) is 0 Å². The van der Waals surface area contributed by atoms with Crippen molar-refractivity contribution >= 4 is 0 Å². The minimum Gasteiger partial charge on any atom is -0.494 e. The third-order valence-corrected chi connectivity index (χ3v) is 4.09. The van der Waals surface area contributed by atoms with Gasteiger partial charge < -0.3 is 10.5 Å². The van der Waals surface area contributed by atoms with Crippen LogP contribution in [0.3, 0.4) is 0 Å². The van der Waals surface area contributed by atoms with Crippen LogP contribution in [-0.2, 0) is 0 Å². The molecular formula is C15H23FN2O. The average Bonchev–Trinajstić information content (AvgIpc) is 2.46. The van der Waals surface area contributed by atoms with Crippen LogP contribution in [0.2, 0.25) is 0 Å². The van der Waals surface area contributed by atoms with E-state index in [4.69, 9.17) is 10.5 Å². The summed E-state index contributed by atoms with van der Waals surface area (Å²) in [6.07, 6.45) is 2.38. The van der Waals surface area contributed by atoms with Gasteiger partial charge in [-0.3, -0.25) is 4.90 Å². The molecule has 1 heterocycles. The Morgan fingerprint density at radius 3 is 2.95 bits per heavy atom. The highest BCUT2D eigenvalue weighted by Crippen LogP contribution is 2.28. The molecule has 1 aromatic carbocycles. The summed E-state index contributed by atoms with van der Waals surface area (Å²) in [6.45, 7) is 4.93. The number of benzene rings is 1. The van der Waals surface area contributed by atoms with Gasteiger partial charge in [0.25, 0.3) is 0 Å². The maximum atomic E-state index is 13.8. The Bertz CT molecular complexity index is 425. The van der Waals surface area contributed by atoms with Crippen LogP contribution in [0, 0.1) is 11.7 Å². The fraction of sp³-hybridized carbons (Fsp3) is 0.600. The van der Waals surface area contributed by atoms with Crippen molar-refractivity contribution < 1.29 is 9.13 Å². The molecule has 1 saturated heterocycles. The van der Waals surface area contributed by atoms with E-state index in [1.165, 1.54) is 20.0 Å². The monoisotopic (exact) mass is 266 g/mol. The van der Waals surface area contributed by atoms with Crippen molar-refractivity contribution in [1.29, 1.82) is 0 Å². The second-order valence-electron chi connectivity index (χ2n) is 5.31. The van der Waals surface area contributed by atoms with Crippen LogP contribution in [0.25, 0.3) is 0 Å². The van der Waals surface area contributed by atoms with Gasteiger partial charge in [0.05, 0.1) is 7.11 Å². The van der Waals surface area contributed by atoms with Crippen LogP contribution in [0.4, 0.5) is 4.39 Å². The molecule has 4 heteroatoms. The Morgan fingerprint density at radius 2 is 2.32 bits per heavy atom. The first kappa shape index (κ1) is 14.3. The quantitative estimate of drug-likeness (QED) is 0.910. The molecule has 1 aliphatic rings. The topological polar surface area (TPSA) is 38.5 Å². The second-order valence-corrected chi connectivity index (χ2v) is 5.31. The largest absolute Gasteiger partial charge is 0.494 e. The molecule has 2 atom stereocenters. The number of hydrogen-bond acceptors (Lipinski definition) is 3. The number of methoxy groups -OCH3 is 1. The molecular weight excluding hydrogens is 243 g/mol. The summed E-state index contributed by atoms with van der Waals surface area (Å²) in [7, 11) is 1.48. The molecule has 19 heavy (non-hydrogen) atoms. The van der Waals surface area contributed by atoms with Gasteiger partial charge in [-0.2, -0.15) is 0 Å². The van der Waals surface area contributed by atoms with Gasteiger partial charge in [-0.1, -0.05) is 6.07 Å². The van der Waals surface area contributed by atoms with Crippen LogP contribution in [0.15, 0.2) is 18.2 Å². The molecule has 2 N–H and O–H groups in total. The Labute approximate surface area is 114 Å². The first-order valence-electron chi connectivity index (χ1n) is 6.93. The van der Waals surface area contributed by atoms with Gasteiger partial charge in [0.1, 0.15) is 0 Å². The van der Waals surface area contributed by atoms with Crippen LogP contribution < -0.4 is 10.5 Å². The molecule has 1 fully saturated rings. The number of rotatable bonds is 4. The smallest absolute Gasteiger partial charge is 0.165 e. The van der Waals surface area contributed by atoms with E-state index >= 15 is 0 Å². The molecule has 0 aromatic heterocycles. The van der Waals surface area contributed by atoms with Crippen LogP contribution in [0.1, 0.15) is 31.4 Å². The second kappa shape index (κ2) is 6.35. The van der Waals surface area contributed by atoms with Crippen molar-refractivity contribution in [2.75, 3.05) is 26.7 Å². The highest BCUT2D eigenvalue weighted by atomic mass is 19.1. The Kier molecular flexibility index (Phi) is 4.77. The maximum absolute atomic E-state index is 13.8. The average molecular weight is 266 g/mol. The molecule has 3 nitrogen and oxygen atoms in total. The molecule has 2 rings (SSSR count). The van der Waals surface area contributed by atoms with Crippen molar-refractivity contribution in [2.45, 2.75) is 25.8 Å². The van der Waals surface area contributed by atoms with E-state index in [1.807, 2.05) is 6.07 Å². The zero-order valence-corrected chi connectivity index (χ0v) is 11.7. The van der Waals surface area contributed by atoms with Crippen molar-refractivity contribution in [2.24, 2.45) is 11.7 Å². The van der Waals surface area contributed by atoms with Gasteiger partial charge in [-0.05, 0) is 56.5 Å². The van der Waals surface area contributed by atoms with E-state index in [0.29, 0.717) is 11.7 Å². The summed E-state index contributed by atoms with van der Waals surface area (Å²) in [5, 5.41) is 0. The van der Waals surface area contributed by atoms with Crippen molar-refractivity contribution in [3.05, 3.63) is 29.6 Å². The molecule has 2 unspecified atom stereocenters. The standard InChI is InChI=1S/C15H23FN2O/c1-11(18-7-3-4-12(9-17)10-18)13-5-6-15(19-2)14(16)8-13/h5-6,8,11-12H,3-4,7,9-10,17H2,1-2H3. The van der Waals surface area contributed by atoms with Gasteiger partial charge in [0.15, 0.2) is 11.6 Å². The summed E-state index contributed by atoms with van der Waals surface area (Å²) >= 11 is 0. The molecule has 1 aliphatic heterocycles. The highest BCUT2D eigenvalue weighted by molar-refractivity contribution is 5.30. The number of hydrogen-bond donors (Lipinski definition) is 1. The first-order valence-corrected chi connectivity index (χ1v) is 6.93. The Balaban J connectivity index is 2.10. The lowest BCUT2D eigenvalue weighted by Gasteiger charge is -2.36. The van der Waals surface area contributed by atoms with Crippen molar-refractivity contribution in [3.8, 4) is 5.75 Å². The number of ether oxygens (including phenoxy) is 1. The van der Waals surface area contributed by atoms with E-state index < -0.39 is 0 Å². The summed E-state index contributed by atoms with van der Waals surface area (Å²) in [5.74, 6) is 0.577. The number of nitrogens with zero attached hydrogens (tertiary/aromatic N) is 1. The lowest BCUT2D eigenvalue weighted by molar-refractivity contribution is 0.134. The molecule has 0 amide bonds. The predicted octanol–water partition coefficient (Wildman–Crippen LogP) is 2.57. The van der Waals surface area contributed by atoms with E-state index in [2.05, 4.69) is 11.8 Å². The first-order chi connectivity index (χ1) is 9.15. The normalized spacial score (nSPS) is 22.2. The number of halogens is 1. The molecule has 0 aliphatic carbocycles. The van der Waals surface area contributed by atoms with Crippen LogP contribution in [-0.4, -0.2) is 31.6 Å². The minimum absolute atomic E-state index is 0.217. The van der Waals surface area contributed by atoms with Gasteiger partial charge in [-0.25, -0.2) is 4.39 Å². The zero-order valence-electron chi connectivity index (χ0n) is 11.7. The van der Waals surface area contributed by atoms with Crippen molar-refractivity contribution in [3.63, 3.8) is 0 Å². The maximum Gasteiger partial charge on any atom is 0.165 e. The summed E-state index contributed by atoms with van der Waals surface area (Å²) in [4.78, 5) is 2.39. The summed E-state index contributed by atoms with van der Waals surface area (Å²) in [5.41, 5.74) is 6.76. The summed E-state index contributed by atoms with van der Waals surface area (Å²) in [6, 6.07) is 5.44. The summed E-state index contributed by atoms with van der Waals surface area (Å²) < 4.78 is 18.7. The lowest BCUT2D eigenvalue weighted by atomic mass is 9.95. The molecule has 0 saturated carbocycles. The lowest BCUT2D eigenvalue weighted by Crippen LogP contribution is -2.39. The van der Waals surface area contributed by atoms with Gasteiger partial charge in [-0.15, -0.1) is 0 Å². The fourth-order valence-electron chi connectivity index (χ4n) is 2.79. The third-order valence-electron chi connectivity index (χ3n) is 4.09. The van der Waals surface area contributed by atoms with Crippen molar-refractivity contribution in [1.82, 2.24) is 4.90 Å². The van der Waals surface area contributed by atoms with E-state index in [9.17, 15) is 4.39 Å². The van der Waals surface area contributed by atoms with Crippen LogP contribution in [0.5, 0.6) is 5.75 Å². The third kappa shape index (κ3) is 3.25. The van der Waals surface area contributed by atoms with E-state index in [0.717, 1.165) is 25.2 Å². The van der Waals surface area contributed by atoms with E-state index in [1.54, 1.807) is 12.1 Å². The molecule has 0 bridgehead atoms. The number of piperidine rings is 1. The number of nitrogens with two attached hydrogens (primary N) is 1. The zero-order chi connectivity index (χ0) is 13.8. The van der Waals surface area contributed by atoms with Gasteiger partial charge in [0, 0.05) is 12.6 Å². The highest BCUT2D eigenvalue weighted by Gasteiger charge is 2.24. The van der Waals surface area contributed by atoms with Gasteiger partial charge >= 0.3 is 0 Å². The fourth-order valence-corrected chi connectivity index (χ4v) is 2.79. The molecule has 106 valence electrons. The molecule has 0 spiro atoms. The van der Waals surface area contributed by atoms with E-state index in [-0.39, 0.29) is 11.9 Å². The SMILES string of the molecule is COc1ccc(C(C)N2CCCC(CN)C2)cc1F.